The van der Waals surface area contributed by atoms with Gasteiger partial charge in [0.05, 0.1) is 15.3 Å². The Labute approximate surface area is 222 Å². The lowest BCUT2D eigenvalue weighted by Crippen LogP contribution is -2.48. The maximum Gasteiger partial charge on any atom is 0.273 e. The van der Waals surface area contributed by atoms with E-state index in [1.165, 1.54) is 29.3 Å². The van der Waals surface area contributed by atoms with Crippen LogP contribution in [0.15, 0.2) is 70.3 Å². The van der Waals surface area contributed by atoms with Crippen molar-refractivity contribution in [1.29, 1.82) is 0 Å². The molecule has 0 unspecified atom stereocenters. The molecule has 0 saturated carbocycles. The average Bonchev–Trinajstić information content (AvgIpc) is 3.36. The zero-order valence-electron chi connectivity index (χ0n) is 20.2. The number of thiazole rings is 1. The van der Waals surface area contributed by atoms with Gasteiger partial charge in [0.25, 0.3) is 5.91 Å². The number of hydrogen-bond acceptors (Lipinski definition) is 9. The lowest BCUT2D eigenvalue weighted by atomic mass is 9.75. The predicted molar refractivity (Wildman–Crippen MR) is 143 cm³/mol. The second-order valence-corrected chi connectivity index (χ2v) is 11.2. The number of anilines is 2. The van der Waals surface area contributed by atoms with Crippen molar-refractivity contribution in [3.05, 3.63) is 84.0 Å². The summed E-state index contributed by atoms with van der Waals surface area (Å²) < 4.78 is 16.2. The summed E-state index contributed by atoms with van der Waals surface area (Å²) in [6.07, 6.45) is 8.27. The van der Waals surface area contributed by atoms with Crippen LogP contribution in [0.5, 0.6) is 0 Å². The third-order valence-corrected chi connectivity index (χ3v) is 8.32. The molecule has 1 aliphatic heterocycles. The molecule has 5 heterocycles. The molecule has 0 spiro atoms. The molecule has 1 amide bonds. The number of piperidine rings is 1. The first-order valence-corrected chi connectivity index (χ1v) is 13.5. The van der Waals surface area contributed by atoms with Gasteiger partial charge in [0.15, 0.2) is 16.6 Å². The highest BCUT2D eigenvalue weighted by atomic mass is 32.2. The van der Waals surface area contributed by atoms with E-state index in [4.69, 9.17) is 0 Å². The minimum Gasteiger partial charge on any atom is -0.350 e. The van der Waals surface area contributed by atoms with Crippen molar-refractivity contribution < 1.29 is 9.18 Å². The number of carbonyl (C=O) groups excluding carboxylic acids is 1. The van der Waals surface area contributed by atoms with E-state index in [9.17, 15) is 4.79 Å². The quantitative estimate of drug-likeness (QED) is 0.298. The normalized spacial score (nSPS) is 14.8. The van der Waals surface area contributed by atoms with E-state index in [2.05, 4.69) is 35.9 Å². The van der Waals surface area contributed by atoms with Crippen molar-refractivity contribution >= 4 is 40.0 Å². The number of nitrogens with one attached hydrogen (secondary N) is 3. The number of aromatic nitrogens is 4. The summed E-state index contributed by atoms with van der Waals surface area (Å²) in [6.45, 7) is 4.01. The van der Waals surface area contributed by atoms with Gasteiger partial charge in [-0.2, -0.15) is 0 Å². The smallest absolute Gasteiger partial charge is 0.273 e. The monoisotopic (exact) mass is 535 g/mol. The Balaban J connectivity index is 1.27. The minimum atomic E-state index is -0.648. The summed E-state index contributed by atoms with van der Waals surface area (Å²) in [5, 5.41) is 10.1. The number of halogens is 1. The van der Waals surface area contributed by atoms with E-state index < -0.39 is 11.7 Å². The number of pyridine rings is 3. The topological polar surface area (TPSA) is 105 Å². The van der Waals surface area contributed by atoms with Crippen LogP contribution in [0.1, 0.15) is 34.6 Å². The number of rotatable bonds is 8. The molecule has 0 aromatic carbocycles. The Morgan fingerprint density at radius 3 is 2.73 bits per heavy atom. The molecule has 190 valence electrons. The van der Waals surface area contributed by atoms with Gasteiger partial charge < -0.3 is 16.0 Å². The standard InChI is InChI=1S/C26H26FN7OS2/c1-17-5-10-30-20(14-17)34-25-32-15-21(37-25)36-18-6-11-31-23(22(18)27)24(35)33-16-26(7-12-28-13-8-26)19-4-2-3-9-29-19/h2-6,9-11,14-15,28H,7-8,12-13,16H2,1H3,(H,33,35)(H,30,32,34). The van der Waals surface area contributed by atoms with Crippen LogP contribution in [0.4, 0.5) is 15.3 Å². The van der Waals surface area contributed by atoms with E-state index in [1.54, 1.807) is 24.7 Å². The molecule has 1 aliphatic rings. The van der Waals surface area contributed by atoms with Gasteiger partial charge in [-0.25, -0.2) is 19.3 Å². The van der Waals surface area contributed by atoms with Crippen LogP contribution in [-0.2, 0) is 5.41 Å². The molecule has 5 rings (SSSR count). The Hall–Kier alpha value is -3.41. The van der Waals surface area contributed by atoms with Gasteiger partial charge in [-0.3, -0.25) is 9.78 Å². The lowest BCUT2D eigenvalue weighted by Gasteiger charge is -2.37. The van der Waals surface area contributed by atoms with Crippen molar-refractivity contribution in [1.82, 2.24) is 30.6 Å². The molecule has 0 bridgehead atoms. The van der Waals surface area contributed by atoms with Gasteiger partial charge >= 0.3 is 0 Å². The first kappa shape index (κ1) is 25.2. The number of carbonyl (C=O) groups is 1. The van der Waals surface area contributed by atoms with Gasteiger partial charge in [-0.05, 0) is 68.8 Å². The van der Waals surface area contributed by atoms with Crippen molar-refractivity contribution in [3.8, 4) is 0 Å². The van der Waals surface area contributed by atoms with E-state index in [0.717, 1.165) is 41.4 Å². The van der Waals surface area contributed by atoms with Crippen LogP contribution in [0.25, 0.3) is 0 Å². The summed E-state index contributed by atoms with van der Waals surface area (Å²) in [7, 11) is 0. The van der Waals surface area contributed by atoms with Gasteiger partial charge in [0.2, 0.25) is 0 Å². The van der Waals surface area contributed by atoms with E-state index in [1.807, 2.05) is 37.3 Å². The van der Waals surface area contributed by atoms with Crippen molar-refractivity contribution in [2.75, 3.05) is 25.0 Å². The fraction of sp³-hybridized carbons (Fsp3) is 0.269. The molecular weight excluding hydrogens is 509 g/mol. The molecule has 3 N–H and O–H groups in total. The van der Waals surface area contributed by atoms with Gasteiger partial charge in [-0.15, -0.1) is 0 Å². The maximum atomic E-state index is 15.4. The average molecular weight is 536 g/mol. The van der Waals surface area contributed by atoms with Crippen LogP contribution in [0, 0.1) is 12.7 Å². The Morgan fingerprint density at radius 2 is 1.95 bits per heavy atom. The second kappa shape index (κ2) is 11.3. The Kier molecular flexibility index (Phi) is 7.73. The van der Waals surface area contributed by atoms with Crippen molar-refractivity contribution in [3.63, 3.8) is 0 Å². The minimum absolute atomic E-state index is 0.220. The first-order chi connectivity index (χ1) is 18.0. The Morgan fingerprint density at radius 1 is 1.11 bits per heavy atom. The molecule has 4 aromatic heterocycles. The number of amides is 1. The highest BCUT2D eigenvalue weighted by Gasteiger charge is 2.36. The third kappa shape index (κ3) is 5.95. The summed E-state index contributed by atoms with van der Waals surface area (Å²) in [6, 6.07) is 11.2. The molecule has 1 saturated heterocycles. The summed E-state index contributed by atoms with van der Waals surface area (Å²) in [5.74, 6) is -0.492. The number of nitrogens with zero attached hydrogens (tertiary/aromatic N) is 4. The second-order valence-electron chi connectivity index (χ2n) is 8.83. The van der Waals surface area contributed by atoms with Crippen LogP contribution in [-0.4, -0.2) is 45.5 Å². The molecule has 4 aromatic rings. The summed E-state index contributed by atoms with van der Waals surface area (Å²) in [5.41, 5.74) is 1.50. The van der Waals surface area contributed by atoms with Crippen LogP contribution in [0.3, 0.4) is 0 Å². The largest absolute Gasteiger partial charge is 0.350 e. The van der Waals surface area contributed by atoms with E-state index in [0.29, 0.717) is 22.4 Å². The molecule has 8 nitrogen and oxygen atoms in total. The fourth-order valence-electron chi connectivity index (χ4n) is 4.29. The molecular formula is C26H26FN7OS2. The van der Waals surface area contributed by atoms with E-state index in [-0.39, 0.29) is 11.1 Å². The molecule has 11 heteroatoms. The zero-order valence-corrected chi connectivity index (χ0v) is 21.8. The summed E-state index contributed by atoms with van der Waals surface area (Å²) >= 11 is 2.58. The van der Waals surface area contributed by atoms with Crippen LogP contribution < -0.4 is 16.0 Å². The zero-order chi connectivity index (χ0) is 25.7. The third-order valence-electron chi connectivity index (χ3n) is 6.27. The highest BCUT2D eigenvalue weighted by Crippen LogP contribution is 2.36. The molecule has 37 heavy (non-hydrogen) atoms. The fourth-order valence-corrected chi connectivity index (χ4v) is 6.16. The SMILES string of the molecule is Cc1ccnc(Nc2ncc(Sc3ccnc(C(=O)NCC4(c5ccccn5)CCNCC4)c3F)s2)c1. The lowest BCUT2D eigenvalue weighted by molar-refractivity contribution is 0.0927. The maximum absolute atomic E-state index is 15.4. The first-order valence-electron chi connectivity index (χ1n) is 11.9. The highest BCUT2D eigenvalue weighted by molar-refractivity contribution is 8.01. The van der Waals surface area contributed by atoms with Gasteiger partial charge in [0.1, 0.15) is 5.82 Å². The molecule has 1 fully saturated rings. The van der Waals surface area contributed by atoms with E-state index >= 15 is 4.39 Å². The number of hydrogen-bond donors (Lipinski definition) is 3. The van der Waals surface area contributed by atoms with Gasteiger partial charge in [0, 0.05) is 36.2 Å². The van der Waals surface area contributed by atoms with Crippen molar-refractivity contribution in [2.24, 2.45) is 0 Å². The summed E-state index contributed by atoms with van der Waals surface area (Å²) in [4.78, 5) is 30.6. The molecule has 0 aliphatic carbocycles. The number of aryl methyl sites for hydroxylation is 1. The molecule has 0 atom stereocenters. The van der Waals surface area contributed by atoms with Crippen LogP contribution in [0.2, 0.25) is 0 Å². The molecule has 0 radical (unpaired) electrons. The van der Waals surface area contributed by atoms with Gasteiger partial charge in [-0.1, -0.05) is 29.2 Å². The predicted octanol–water partition coefficient (Wildman–Crippen LogP) is 4.72. The Bertz CT molecular complexity index is 1380. The van der Waals surface area contributed by atoms with Crippen molar-refractivity contribution in [2.45, 2.75) is 34.3 Å². The van der Waals surface area contributed by atoms with Crippen LogP contribution >= 0.6 is 23.1 Å².